The molecular weight excluding hydrogens is 156 g/mol. The van der Waals surface area contributed by atoms with E-state index in [9.17, 15) is 4.79 Å². The van der Waals surface area contributed by atoms with Gasteiger partial charge in [0.15, 0.2) is 0 Å². The Kier molecular flexibility index (Phi) is 2.17. The van der Waals surface area contributed by atoms with Crippen molar-refractivity contribution >= 4 is 6.09 Å². The summed E-state index contributed by atoms with van der Waals surface area (Å²) < 4.78 is 5.19. The molecule has 1 aliphatic carbocycles. The first-order valence-corrected chi connectivity index (χ1v) is 4.58. The van der Waals surface area contributed by atoms with Crippen LogP contribution in [0.25, 0.3) is 0 Å². The average molecular weight is 170 g/mol. The predicted molar refractivity (Wildman–Crippen MR) is 43.4 cm³/mol. The van der Waals surface area contributed by atoms with Crippen molar-refractivity contribution < 1.29 is 9.53 Å². The fourth-order valence-corrected chi connectivity index (χ4v) is 1.38. The van der Waals surface area contributed by atoms with Crippen molar-refractivity contribution in [2.75, 3.05) is 13.1 Å². The SMILES string of the molecule is O=C(OC1CCC1)N1CCCN1. The molecule has 68 valence electrons. The van der Waals surface area contributed by atoms with E-state index in [-0.39, 0.29) is 12.2 Å². The molecule has 0 spiro atoms. The number of nitrogens with zero attached hydrogens (tertiary/aromatic N) is 1. The molecule has 0 aromatic rings. The molecule has 2 fully saturated rings. The van der Waals surface area contributed by atoms with Crippen molar-refractivity contribution in [2.24, 2.45) is 0 Å². The van der Waals surface area contributed by atoms with Crippen LogP contribution in [0.2, 0.25) is 0 Å². The lowest BCUT2D eigenvalue weighted by molar-refractivity contribution is 0.0232. The van der Waals surface area contributed by atoms with Crippen LogP contribution in [-0.4, -0.2) is 30.3 Å². The molecule has 0 aromatic heterocycles. The second-order valence-corrected chi connectivity index (χ2v) is 3.35. The topological polar surface area (TPSA) is 41.6 Å². The highest BCUT2D eigenvalue weighted by Crippen LogP contribution is 2.22. The normalized spacial score (nSPS) is 23.8. The second-order valence-electron chi connectivity index (χ2n) is 3.35. The maximum Gasteiger partial charge on any atom is 0.424 e. The predicted octanol–water partition coefficient (Wildman–Crippen LogP) is 0.886. The molecule has 1 N–H and O–H groups in total. The summed E-state index contributed by atoms with van der Waals surface area (Å²) in [6, 6.07) is 0. The van der Waals surface area contributed by atoms with Crippen LogP contribution in [0.4, 0.5) is 4.79 Å². The third kappa shape index (κ3) is 1.53. The fraction of sp³-hybridized carbons (Fsp3) is 0.875. The molecule has 2 rings (SSSR count). The third-order valence-electron chi connectivity index (χ3n) is 2.40. The van der Waals surface area contributed by atoms with Crippen LogP contribution in [0.15, 0.2) is 0 Å². The van der Waals surface area contributed by atoms with Gasteiger partial charge in [0, 0.05) is 13.1 Å². The quantitative estimate of drug-likeness (QED) is 0.635. The summed E-state index contributed by atoms with van der Waals surface area (Å²) in [4.78, 5) is 11.3. The first-order chi connectivity index (χ1) is 5.86. The minimum absolute atomic E-state index is 0.194. The zero-order valence-corrected chi connectivity index (χ0v) is 7.08. The van der Waals surface area contributed by atoms with Gasteiger partial charge in [-0.15, -0.1) is 0 Å². The third-order valence-corrected chi connectivity index (χ3v) is 2.40. The Labute approximate surface area is 71.8 Å². The van der Waals surface area contributed by atoms with E-state index in [1.54, 1.807) is 5.01 Å². The molecule has 1 aliphatic heterocycles. The molecule has 4 heteroatoms. The van der Waals surface area contributed by atoms with Gasteiger partial charge in [0.1, 0.15) is 6.10 Å². The summed E-state index contributed by atoms with van der Waals surface area (Å²) in [5, 5.41) is 1.57. The highest BCUT2D eigenvalue weighted by Gasteiger charge is 2.26. The van der Waals surface area contributed by atoms with Crippen molar-refractivity contribution in [3.8, 4) is 0 Å². The molecule has 1 saturated carbocycles. The summed E-state index contributed by atoms with van der Waals surface area (Å²) in [6.45, 7) is 1.67. The van der Waals surface area contributed by atoms with E-state index in [1.807, 2.05) is 0 Å². The van der Waals surface area contributed by atoms with E-state index in [2.05, 4.69) is 5.43 Å². The smallest absolute Gasteiger partial charge is 0.424 e. The second kappa shape index (κ2) is 3.31. The zero-order chi connectivity index (χ0) is 8.39. The van der Waals surface area contributed by atoms with E-state index in [1.165, 1.54) is 6.42 Å². The molecule has 0 aromatic carbocycles. The number of hydrazine groups is 1. The van der Waals surface area contributed by atoms with E-state index >= 15 is 0 Å². The van der Waals surface area contributed by atoms with Gasteiger partial charge >= 0.3 is 6.09 Å². The van der Waals surface area contributed by atoms with Crippen LogP contribution >= 0.6 is 0 Å². The molecule has 0 radical (unpaired) electrons. The summed E-state index contributed by atoms with van der Waals surface area (Å²) >= 11 is 0. The highest BCUT2D eigenvalue weighted by molar-refractivity contribution is 5.67. The number of amides is 1. The maximum absolute atomic E-state index is 11.3. The molecule has 1 amide bonds. The van der Waals surface area contributed by atoms with E-state index in [4.69, 9.17) is 4.74 Å². The standard InChI is InChI=1S/C8H14N2O2/c11-8(10-6-2-5-9-10)12-7-3-1-4-7/h7,9H,1-6H2. The van der Waals surface area contributed by atoms with Crippen molar-refractivity contribution in [1.29, 1.82) is 0 Å². The molecule has 1 heterocycles. The largest absolute Gasteiger partial charge is 0.445 e. The monoisotopic (exact) mass is 170 g/mol. The summed E-state index contributed by atoms with van der Waals surface area (Å²) in [5.41, 5.74) is 2.97. The lowest BCUT2D eigenvalue weighted by Crippen LogP contribution is -2.40. The minimum Gasteiger partial charge on any atom is -0.445 e. The Balaban J connectivity index is 1.74. The Bertz CT molecular complexity index is 174. The van der Waals surface area contributed by atoms with Crippen LogP contribution in [0, 0.1) is 0 Å². The van der Waals surface area contributed by atoms with Gasteiger partial charge < -0.3 is 4.74 Å². The van der Waals surface area contributed by atoms with E-state index < -0.39 is 0 Å². The van der Waals surface area contributed by atoms with Crippen molar-refractivity contribution in [3.05, 3.63) is 0 Å². The number of carbonyl (C=O) groups is 1. The molecule has 2 aliphatic rings. The van der Waals surface area contributed by atoms with Crippen LogP contribution in [0.3, 0.4) is 0 Å². The van der Waals surface area contributed by atoms with Gasteiger partial charge in [-0.3, -0.25) is 0 Å². The van der Waals surface area contributed by atoms with E-state index in [0.29, 0.717) is 0 Å². The molecule has 0 unspecified atom stereocenters. The van der Waals surface area contributed by atoms with Gasteiger partial charge in [-0.2, -0.15) is 0 Å². The lowest BCUT2D eigenvalue weighted by Gasteiger charge is -2.27. The van der Waals surface area contributed by atoms with Crippen LogP contribution in [0.5, 0.6) is 0 Å². The van der Waals surface area contributed by atoms with Gasteiger partial charge in [0.05, 0.1) is 0 Å². The number of ether oxygens (including phenoxy) is 1. The fourth-order valence-electron chi connectivity index (χ4n) is 1.38. The van der Waals surface area contributed by atoms with Gasteiger partial charge in [0.25, 0.3) is 0 Å². The van der Waals surface area contributed by atoms with Gasteiger partial charge in [-0.05, 0) is 25.7 Å². The first-order valence-electron chi connectivity index (χ1n) is 4.58. The molecular formula is C8H14N2O2. The van der Waals surface area contributed by atoms with E-state index in [0.717, 1.165) is 32.4 Å². The lowest BCUT2D eigenvalue weighted by atomic mass is 9.96. The summed E-state index contributed by atoms with van der Waals surface area (Å²) in [5.74, 6) is 0. The van der Waals surface area contributed by atoms with Crippen LogP contribution in [0.1, 0.15) is 25.7 Å². The first kappa shape index (κ1) is 7.86. The molecule has 0 atom stereocenters. The average Bonchev–Trinajstić information content (AvgIpc) is 2.47. The molecule has 0 bridgehead atoms. The molecule has 4 nitrogen and oxygen atoms in total. The van der Waals surface area contributed by atoms with Crippen molar-refractivity contribution in [2.45, 2.75) is 31.8 Å². The van der Waals surface area contributed by atoms with Gasteiger partial charge in [-0.25, -0.2) is 15.2 Å². The zero-order valence-electron chi connectivity index (χ0n) is 7.08. The number of hydrogen-bond acceptors (Lipinski definition) is 3. The Morgan fingerprint density at radius 1 is 1.42 bits per heavy atom. The van der Waals surface area contributed by atoms with Crippen molar-refractivity contribution in [3.63, 3.8) is 0 Å². The van der Waals surface area contributed by atoms with Crippen molar-refractivity contribution in [1.82, 2.24) is 10.4 Å². The van der Waals surface area contributed by atoms with Crippen LogP contribution in [-0.2, 0) is 4.74 Å². The van der Waals surface area contributed by atoms with Gasteiger partial charge in [-0.1, -0.05) is 0 Å². The Morgan fingerprint density at radius 3 is 2.75 bits per heavy atom. The van der Waals surface area contributed by atoms with Crippen LogP contribution < -0.4 is 5.43 Å². The molecule has 1 saturated heterocycles. The number of rotatable bonds is 1. The Morgan fingerprint density at radius 2 is 2.25 bits per heavy atom. The number of hydrogen-bond donors (Lipinski definition) is 1. The Hall–Kier alpha value is -0.770. The summed E-state index contributed by atoms with van der Waals surface area (Å²) in [7, 11) is 0. The van der Waals surface area contributed by atoms with Gasteiger partial charge in [0.2, 0.25) is 0 Å². The highest BCUT2D eigenvalue weighted by atomic mass is 16.6. The number of nitrogens with one attached hydrogen (secondary N) is 1. The maximum atomic E-state index is 11.3. The minimum atomic E-state index is -0.197. The number of carbonyl (C=O) groups excluding carboxylic acids is 1. The summed E-state index contributed by atoms with van der Waals surface area (Å²) in [6.07, 6.45) is 4.31. The molecule has 12 heavy (non-hydrogen) atoms.